The summed E-state index contributed by atoms with van der Waals surface area (Å²) < 4.78 is 0. The average Bonchev–Trinajstić information content (AvgIpc) is 2.90. The Balaban J connectivity index is 0.00000220. The minimum absolute atomic E-state index is 0. The summed E-state index contributed by atoms with van der Waals surface area (Å²) in [6.07, 6.45) is 4.04. The third kappa shape index (κ3) is 4.19. The molecule has 0 aliphatic heterocycles. The Bertz CT molecular complexity index is 496. The third-order valence-corrected chi connectivity index (χ3v) is 4.02. The fourth-order valence-electron chi connectivity index (χ4n) is 2.75. The van der Waals surface area contributed by atoms with E-state index in [0.29, 0.717) is 6.54 Å². The molecule has 2 amide bonds. The minimum Gasteiger partial charge on any atom is -0.369 e. The summed E-state index contributed by atoms with van der Waals surface area (Å²) in [4.78, 5) is 23.2. The van der Waals surface area contributed by atoms with E-state index < -0.39 is 5.41 Å². The standard InChI is InChI=1S/C15H21N3O2.ClH/c16-10-15(7-1-2-8-15)14(20)18-12-5-3-11(4-6-12)9-13(17)19;/h3-6H,1-2,7-10,16H2,(H2,17,19)(H,18,20);1H. The van der Waals surface area contributed by atoms with Gasteiger partial charge in [0, 0.05) is 12.2 Å². The third-order valence-electron chi connectivity index (χ3n) is 4.02. The fraction of sp³-hybridized carbons (Fsp3) is 0.467. The molecule has 0 radical (unpaired) electrons. The lowest BCUT2D eigenvalue weighted by Crippen LogP contribution is -2.40. The second-order valence-corrected chi connectivity index (χ2v) is 5.49. The van der Waals surface area contributed by atoms with Crippen LogP contribution in [0.4, 0.5) is 5.69 Å². The summed E-state index contributed by atoms with van der Waals surface area (Å²) in [5, 5.41) is 2.92. The largest absolute Gasteiger partial charge is 0.369 e. The molecule has 0 spiro atoms. The first-order chi connectivity index (χ1) is 9.55. The monoisotopic (exact) mass is 311 g/mol. The first-order valence-electron chi connectivity index (χ1n) is 6.94. The zero-order chi connectivity index (χ0) is 14.6. The molecule has 2 rings (SSSR count). The van der Waals surface area contributed by atoms with E-state index in [4.69, 9.17) is 11.5 Å². The van der Waals surface area contributed by atoms with Crippen LogP contribution in [-0.4, -0.2) is 18.4 Å². The van der Waals surface area contributed by atoms with Crippen LogP contribution in [0, 0.1) is 5.41 Å². The second-order valence-electron chi connectivity index (χ2n) is 5.49. The van der Waals surface area contributed by atoms with Crippen LogP contribution in [0.25, 0.3) is 0 Å². The number of halogens is 1. The van der Waals surface area contributed by atoms with Crippen LogP contribution in [0.2, 0.25) is 0 Å². The van der Waals surface area contributed by atoms with E-state index >= 15 is 0 Å². The van der Waals surface area contributed by atoms with E-state index in [-0.39, 0.29) is 30.6 Å². The Hall–Kier alpha value is -1.59. The van der Waals surface area contributed by atoms with Crippen molar-refractivity contribution in [3.8, 4) is 0 Å². The molecule has 6 heteroatoms. The first-order valence-corrected chi connectivity index (χ1v) is 6.94. The maximum absolute atomic E-state index is 12.4. The average molecular weight is 312 g/mol. The van der Waals surface area contributed by atoms with Crippen LogP contribution in [-0.2, 0) is 16.0 Å². The zero-order valence-corrected chi connectivity index (χ0v) is 12.7. The van der Waals surface area contributed by atoms with Gasteiger partial charge in [-0.2, -0.15) is 0 Å². The number of benzene rings is 1. The highest BCUT2D eigenvalue weighted by Crippen LogP contribution is 2.38. The Morgan fingerprint density at radius 3 is 2.19 bits per heavy atom. The minimum atomic E-state index is -0.411. The number of hydrogen-bond donors (Lipinski definition) is 3. The summed E-state index contributed by atoms with van der Waals surface area (Å²) in [5.41, 5.74) is 12.1. The highest BCUT2D eigenvalue weighted by Gasteiger charge is 2.39. The summed E-state index contributed by atoms with van der Waals surface area (Å²) >= 11 is 0. The molecule has 1 fully saturated rings. The number of rotatable bonds is 5. The smallest absolute Gasteiger partial charge is 0.231 e. The number of nitrogens with one attached hydrogen (secondary N) is 1. The predicted octanol–water partition coefficient (Wildman–Crippen LogP) is 1.59. The van der Waals surface area contributed by atoms with E-state index in [1.807, 2.05) is 0 Å². The number of anilines is 1. The molecule has 5 nitrogen and oxygen atoms in total. The maximum Gasteiger partial charge on any atom is 0.231 e. The Kier molecular flexibility index (Phi) is 6.18. The molecule has 0 bridgehead atoms. The van der Waals surface area contributed by atoms with Gasteiger partial charge in [-0.15, -0.1) is 12.4 Å². The van der Waals surface area contributed by atoms with Gasteiger partial charge >= 0.3 is 0 Å². The summed E-state index contributed by atoms with van der Waals surface area (Å²) in [5.74, 6) is -0.366. The topological polar surface area (TPSA) is 98.2 Å². The molecule has 0 atom stereocenters. The quantitative estimate of drug-likeness (QED) is 0.770. The van der Waals surface area contributed by atoms with Crippen molar-refractivity contribution in [2.24, 2.45) is 16.9 Å². The maximum atomic E-state index is 12.4. The lowest BCUT2D eigenvalue weighted by atomic mass is 9.85. The molecule has 0 heterocycles. The van der Waals surface area contributed by atoms with Crippen LogP contribution < -0.4 is 16.8 Å². The molecular weight excluding hydrogens is 290 g/mol. The highest BCUT2D eigenvalue weighted by atomic mass is 35.5. The van der Waals surface area contributed by atoms with E-state index in [1.165, 1.54) is 0 Å². The Morgan fingerprint density at radius 2 is 1.71 bits per heavy atom. The van der Waals surface area contributed by atoms with Crippen molar-refractivity contribution in [3.63, 3.8) is 0 Å². The van der Waals surface area contributed by atoms with Gasteiger partial charge < -0.3 is 16.8 Å². The highest BCUT2D eigenvalue weighted by molar-refractivity contribution is 5.95. The van der Waals surface area contributed by atoms with Gasteiger partial charge in [0.05, 0.1) is 11.8 Å². The van der Waals surface area contributed by atoms with Crippen LogP contribution >= 0.6 is 12.4 Å². The van der Waals surface area contributed by atoms with E-state index in [9.17, 15) is 9.59 Å². The molecule has 1 saturated carbocycles. The van der Waals surface area contributed by atoms with Gasteiger partial charge in [-0.05, 0) is 30.5 Å². The molecule has 0 unspecified atom stereocenters. The number of carbonyl (C=O) groups excluding carboxylic acids is 2. The molecule has 0 aromatic heterocycles. The van der Waals surface area contributed by atoms with E-state index in [2.05, 4.69) is 5.32 Å². The van der Waals surface area contributed by atoms with Crippen molar-refractivity contribution in [1.29, 1.82) is 0 Å². The van der Waals surface area contributed by atoms with Gasteiger partial charge in [-0.3, -0.25) is 9.59 Å². The number of nitrogens with two attached hydrogens (primary N) is 2. The molecule has 21 heavy (non-hydrogen) atoms. The SMILES string of the molecule is Cl.NCC1(C(=O)Nc2ccc(CC(N)=O)cc2)CCCC1. The van der Waals surface area contributed by atoms with Crippen LogP contribution in [0.1, 0.15) is 31.2 Å². The van der Waals surface area contributed by atoms with Crippen molar-refractivity contribution >= 4 is 29.9 Å². The fourth-order valence-corrected chi connectivity index (χ4v) is 2.75. The van der Waals surface area contributed by atoms with Gasteiger partial charge in [0.1, 0.15) is 0 Å². The van der Waals surface area contributed by atoms with Gasteiger partial charge in [-0.1, -0.05) is 25.0 Å². The Labute approximate surface area is 130 Å². The van der Waals surface area contributed by atoms with E-state index in [0.717, 1.165) is 36.9 Å². The number of carbonyl (C=O) groups is 2. The lowest BCUT2D eigenvalue weighted by Gasteiger charge is -2.25. The van der Waals surface area contributed by atoms with Gasteiger partial charge in [0.15, 0.2) is 0 Å². The summed E-state index contributed by atoms with van der Waals surface area (Å²) in [6, 6.07) is 7.17. The molecule has 1 aliphatic rings. The predicted molar refractivity (Wildman–Crippen MR) is 85.2 cm³/mol. The first kappa shape index (κ1) is 17.5. The van der Waals surface area contributed by atoms with Crippen LogP contribution in [0.5, 0.6) is 0 Å². The number of amides is 2. The van der Waals surface area contributed by atoms with Crippen molar-refractivity contribution in [2.75, 3.05) is 11.9 Å². The molecule has 5 N–H and O–H groups in total. The van der Waals surface area contributed by atoms with Crippen LogP contribution in [0.3, 0.4) is 0 Å². The van der Waals surface area contributed by atoms with Crippen molar-refractivity contribution in [2.45, 2.75) is 32.1 Å². The zero-order valence-electron chi connectivity index (χ0n) is 11.9. The number of primary amides is 1. The summed E-state index contributed by atoms with van der Waals surface area (Å²) in [6.45, 7) is 0.387. The van der Waals surface area contributed by atoms with E-state index in [1.54, 1.807) is 24.3 Å². The van der Waals surface area contributed by atoms with Crippen molar-refractivity contribution in [1.82, 2.24) is 0 Å². The van der Waals surface area contributed by atoms with Crippen molar-refractivity contribution < 1.29 is 9.59 Å². The normalized spacial score (nSPS) is 16.0. The molecular formula is C15H22ClN3O2. The van der Waals surface area contributed by atoms with Gasteiger partial charge in [0.2, 0.25) is 11.8 Å². The molecule has 1 aliphatic carbocycles. The molecule has 116 valence electrons. The Morgan fingerprint density at radius 1 is 1.14 bits per heavy atom. The van der Waals surface area contributed by atoms with Gasteiger partial charge in [-0.25, -0.2) is 0 Å². The summed E-state index contributed by atoms with van der Waals surface area (Å²) in [7, 11) is 0. The van der Waals surface area contributed by atoms with Gasteiger partial charge in [0.25, 0.3) is 0 Å². The van der Waals surface area contributed by atoms with Crippen molar-refractivity contribution in [3.05, 3.63) is 29.8 Å². The lowest BCUT2D eigenvalue weighted by molar-refractivity contribution is -0.124. The molecule has 1 aromatic carbocycles. The number of hydrogen-bond acceptors (Lipinski definition) is 3. The second kappa shape index (κ2) is 7.43. The molecule has 1 aromatic rings. The molecule has 0 saturated heterocycles. The van der Waals surface area contributed by atoms with Crippen LogP contribution in [0.15, 0.2) is 24.3 Å².